The summed E-state index contributed by atoms with van der Waals surface area (Å²) in [7, 11) is 0. The molecule has 112 valence electrons. The first-order valence-electron chi connectivity index (χ1n) is 6.64. The lowest BCUT2D eigenvalue weighted by Crippen LogP contribution is -2.33. The van der Waals surface area contributed by atoms with Crippen LogP contribution in [0.25, 0.3) is 0 Å². The highest BCUT2D eigenvalue weighted by atomic mass is 79.9. The molecule has 0 amide bonds. The molecular formula is C17H16Br2ClF. The molecule has 0 fully saturated rings. The van der Waals surface area contributed by atoms with E-state index in [0.29, 0.717) is 17.0 Å². The SMILES string of the molecule is Cc1cccc(C(CBr)(CBr)Cc2c(F)cccc2Cl)c1. The zero-order valence-corrected chi connectivity index (χ0v) is 15.6. The molecule has 0 nitrogen and oxygen atoms in total. The van der Waals surface area contributed by atoms with Gasteiger partial charge in [0.05, 0.1) is 0 Å². The standard InChI is InChI=1S/C17H16Br2ClF/c1-12-4-2-5-13(8-12)17(10-18,11-19)9-14-15(20)6-3-7-16(14)21/h2-8H,9-11H2,1H3. The van der Waals surface area contributed by atoms with Crippen LogP contribution in [-0.2, 0) is 11.8 Å². The van der Waals surface area contributed by atoms with Gasteiger partial charge in [-0.3, -0.25) is 0 Å². The first-order valence-corrected chi connectivity index (χ1v) is 9.26. The molecule has 0 N–H and O–H groups in total. The van der Waals surface area contributed by atoms with Crippen molar-refractivity contribution in [1.29, 1.82) is 0 Å². The Hall–Kier alpha value is -0.380. The summed E-state index contributed by atoms with van der Waals surface area (Å²) in [6.07, 6.45) is 0.540. The van der Waals surface area contributed by atoms with Gasteiger partial charge < -0.3 is 0 Å². The highest BCUT2D eigenvalue weighted by Gasteiger charge is 2.32. The predicted molar refractivity (Wildman–Crippen MR) is 95.6 cm³/mol. The second-order valence-corrected chi connectivity index (χ2v) is 6.82. The first kappa shape index (κ1) is 17.0. The molecule has 0 unspecified atom stereocenters. The Labute approximate surface area is 147 Å². The van der Waals surface area contributed by atoms with E-state index in [9.17, 15) is 4.39 Å². The van der Waals surface area contributed by atoms with E-state index in [1.807, 2.05) is 6.07 Å². The third kappa shape index (κ3) is 3.69. The molecule has 0 bridgehead atoms. The fourth-order valence-electron chi connectivity index (χ4n) is 2.40. The van der Waals surface area contributed by atoms with Crippen LogP contribution < -0.4 is 0 Å². The van der Waals surface area contributed by atoms with E-state index in [4.69, 9.17) is 11.6 Å². The van der Waals surface area contributed by atoms with Gasteiger partial charge in [-0.1, -0.05) is 79.4 Å². The maximum absolute atomic E-state index is 14.1. The van der Waals surface area contributed by atoms with E-state index >= 15 is 0 Å². The van der Waals surface area contributed by atoms with E-state index in [1.54, 1.807) is 12.1 Å². The molecule has 0 aliphatic rings. The maximum atomic E-state index is 14.1. The molecule has 21 heavy (non-hydrogen) atoms. The molecule has 0 aliphatic heterocycles. The van der Waals surface area contributed by atoms with Gasteiger partial charge in [0, 0.05) is 26.7 Å². The van der Waals surface area contributed by atoms with Crippen LogP contribution in [0.15, 0.2) is 42.5 Å². The lowest BCUT2D eigenvalue weighted by molar-refractivity contribution is 0.522. The highest BCUT2D eigenvalue weighted by Crippen LogP contribution is 2.36. The summed E-state index contributed by atoms with van der Waals surface area (Å²) in [5, 5.41) is 1.92. The molecule has 0 saturated carbocycles. The van der Waals surface area contributed by atoms with Crippen LogP contribution >= 0.6 is 43.5 Å². The molecule has 2 aromatic rings. The second kappa shape index (κ2) is 7.26. The van der Waals surface area contributed by atoms with Gasteiger partial charge in [-0.05, 0) is 31.0 Å². The lowest BCUT2D eigenvalue weighted by atomic mass is 9.78. The Kier molecular flexibility index (Phi) is 5.87. The Morgan fingerprint density at radius 3 is 2.33 bits per heavy atom. The Bertz CT molecular complexity index is 604. The van der Waals surface area contributed by atoms with Crippen LogP contribution in [0.5, 0.6) is 0 Å². The van der Waals surface area contributed by atoms with Crippen molar-refractivity contribution in [3.05, 3.63) is 70.0 Å². The van der Waals surface area contributed by atoms with Gasteiger partial charge in [0.15, 0.2) is 0 Å². The Morgan fingerprint density at radius 1 is 1.10 bits per heavy atom. The highest BCUT2D eigenvalue weighted by molar-refractivity contribution is 9.09. The van der Waals surface area contributed by atoms with E-state index in [0.717, 1.165) is 10.7 Å². The Balaban J connectivity index is 2.48. The second-order valence-electron chi connectivity index (χ2n) is 5.29. The monoisotopic (exact) mass is 432 g/mol. The fraction of sp³-hybridized carbons (Fsp3) is 0.294. The molecule has 4 heteroatoms. The quantitative estimate of drug-likeness (QED) is 0.502. The van der Waals surface area contributed by atoms with Crippen LogP contribution in [0.3, 0.4) is 0 Å². The van der Waals surface area contributed by atoms with Gasteiger partial charge in [0.1, 0.15) is 5.82 Å². The smallest absolute Gasteiger partial charge is 0.127 e. The van der Waals surface area contributed by atoms with Crippen LogP contribution in [0.4, 0.5) is 4.39 Å². The van der Waals surface area contributed by atoms with Crippen molar-refractivity contribution < 1.29 is 4.39 Å². The molecule has 0 aromatic heterocycles. The minimum absolute atomic E-state index is 0.238. The number of hydrogen-bond acceptors (Lipinski definition) is 0. The zero-order valence-electron chi connectivity index (χ0n) is 11.7. The summed E-state index contributed by atoms with van der Waals surface area (Å²) in [6, 6.07) is 13.2. The summed E-state index contributed by atoms with van der Waals surface area (Å²) in [5.41, 5.74) is 2.70. The molecule has 2 rings (SSSR count). The number of aryl methyl sites for hydroxylation is 1. The fourth-order valence-corrected chi connectivity index (χ4v) is 4.60. The number of halogens is 4. The molecule has 0 heterocycles. The maximum Gasteiger partial charge on any atom is 0.127 e. The summed E-state index contributed by atoms with van der Waals surface area (Å²) in [5.74, 6) is -0.249. The average molecular weight is 435 g/mol. The van der Waals surface area contributed by atoms with Crippen LogP contribution in [0.1, 0.15) is 16.7 Å². The van der Waals surface area contributed by atoms with Crippen LogP contribution in [0.2, 0.25) is 5.02 Å². The lowest BCUT2D eigenvalue weighted by Gasteiger charge is -2.31. The van der Waals surface area contributed by atoms with Gasteiger partial charge in [-0.2, -0.15) is 0 Å². The van der Waals surface area contributed by atoms with Crippen LogP contribution in [-0.4, -0.2) is 10.7 Å². The van der Waals surface area contributed by atoms with E-state index in [-0.39, 0.29) is 11.2 Å². The van der Waals surface area contributed by atoms with Crippen molar-refractivity contribution >= 4 is 43.5 Å². The van der Waals surface area contributed by atoms with E-state index < -0.39 is 0 Å². The predicted octanol–water partition coefficient (Wildman–Crippen LogP) is 6.06. The molecule has 0 spiro atoms. The summed E-state index contributed by atoms with van der Waals surface area (Å²) in [6.45, 7) is 2.06. The van der Waals surface area contributed by atoms with Gasteiger partial charge in [0.2, 0.25) is 0 Å². The Morgan fingerprint density at radius 2 is 1.76 bits per heavy atom. The average Bonchev–Trinajstić information content (AvgIpc) is 2.48. The first-order chi connectivity index (χ1) is 10.0. The minimum atomic E-state index is -0.249. The zero-order chi connectivity index (χ0) is 15.5. The number of benzene rings is 2. The van der Waals surface area contributed by atoms with Crippen molar-refractivity contribution in [2.75, 3.05) is 10.7 Å². The normalized spacial score (nSPS) is 11.7. The summed E-state index contributed by atoms with van der Waals surface area (Å²) in [4.78, 5) is 0. The third-order valence-corrected chi connectivity index (χ3v) is 6.22. The van der Waals surface area contributed by atoms with Crippen molar-refractivity contribution in [3.8, 4) is 0 Å². The molecular weight excluding hydrogens is 418 g/mol. The summed E-state index contributed by atoms with van der Waals surface area (Å²) >= 11 is 13.4. The topological polar surface area (TPSA) is 0 Å². The van der Waals surface area contributed by atoms with E-state index in [1.165, 1.54) is 17.2 Å². The number of alkyl halides is 2. The number of rotatable bonds is 5. The van der Waals surface area contributed by atoms with Crippen molar-refractivity contribution in [1.82, 2.24) is 0 Å². The van der Waals surface area contributed by atoms with Gasteiger partial charge in [-0.25, -0.2) is 4.39 Å². The summed E-state index contributed by atoms with van der Waals surface area (Å²) < 4.78 is 14.1. The number of hydrogen-bond donors (Lipinski definition) is 0. The third-order valence-electron chi connectivity index (χ3n) is 3.72. The van der Waals surface area contributed by atoms with E-state index in [2.05, 4.69) is 57.0 Å². The van der Waals surface area contributed by atoms with Crippen LogP contribution in [0, 0.1) is 12.7 Å². The molecule has 0 atom stereocenters. The minimum Gasteiger partial charge on any atom is -0.207 e. The molecule has 0 saturated heterocycles. The molecule has 0 aliphatic carbocycles. The van der Waals surface area contributed by atoms with Gasteiger partial charge in [-0.15, -0.1) is 0 Å². The molecule has 0 radical (unpaired) electrons. The van der Waals surface area contributed by atoms with Crippen molar-refractivity contribution in [3.63, 3.8) is 0 Å². The van der Waals surface area contributed by atoms with Crippen molar-refractivity contribution in [2.24, 2.45) is 0 Å². The van der Waals surface area contributed by atoms with Crippen molar-refractivity contribution in [2.45, 2.75) is 18.8 Å². The van der Waals surface area contributed by atoms with Gasteiger partial charge in [0.25, 0.3) is 0 Å². The van der Waals surface area contributed by atoms with Gasteiger partial charge >= 0.3 is 0 Å². The largest absolute Gasteiger partial charge is 0.207 e. The molecule has 2 aromatic carbocycles.